The van der Waals surface area contributed by atoms with Crippen molar-refractivity contribution in [1.29, 1.82) is 0 Å². The Hall–Kier alpha value is -3.05. The molecule has 0 saturated heterocycles. The lowest BCUT2D eigenvalue weighted by Gasteiger charge is -2.05. The van der Waals surface area contributed by atoms with Crippen LogP contribution in [0.3, 0.4) is 0 Å². The summed E-state index contributed by atoms with van der Waals surface area (Å²) >= 11 is 1.64. The normalized spacial score (nSPS) is 11.4. The highest BCUT2D eigenvalue weighted by Gasteiger charge is 2.14. The molecule has 0 amide bonds. The van der Waals surface area contributed by atoms with Crippen molar-refractivity contribution in [3.05, 3.63) is 72.1 Å². The van der Waals surface area contributed by atoms with Crippen LogP contribution in [0.4, 0.5) is 0 Å². The zero-order valence-corrected chi connectivity index (χ0v) is 14.4. The first-order chi connectivity index (χ1) is 12.3. The predicted molar refractivity (Wildman–Crippen MR) is 102 cm³/mol. The van der Waals surface area contributed by atoms with Crippen LogP contribution in [0.2, 0.25) is 0 Å². The van der Waals surface area contributed by atoms with E-state index in [1.807, 2.05) is 17.4 Å². The molecule has 0 aliphatic heterocycles. The molecule has 5 aromatic rings. The molecule has 0 fully saturated rings. The van der Waals surface area contributed by atoms with Crippen molar-refractivity contribution in [2.45, 2.75) is 6.92 Å². The van der Waals surface area contributed by atoms with Crippen molar-refractivity contribution in [3.8, 4) is 22.3 Å². The Morgan fingerprint density at radius 2 is 1.56 bits per heavy atom. The predicted octanol–water partition coefficient (Wildman–Crippen LogP) is 4.98. The summed E-state index contributed by atoms with van der Waals surface area (Å²) in [5, 5.41) is 11.8. The van der Waals surface area contributed by atoms with Gasteiger partial charge in [-0.3, -0.25) is 4.40 Å². The van der Waals surface area contributed by atoms with Gasteiger partial charge < -0.3 is 0 Å². The standard InChI is InChI=1S/C20H14N4S/c1-13-22-23-19-18-17(11-25-20(18)21-12-24(13)19)16-9-7-15(8-10-16)14-5-3-2-4-6-14/h2-12H,1H3. The molecular weight excluding hydrogens is 328 g/mol. The van der Waals surface area contributed by atoms with Crippen LogP contribution in [0, 0.1) is 6.92 Å². The van der Waals surface area contributed by atoms with E-state index in [4.69, 9.17) is 0 Å². The van der Waals surface area contributed by atoms with Crippen molar-refractivity contribution in [2.24, 2.45) is 0 Å². The van der Waals surface area contributed by atoms with Gasteiger partial charge in [-0.25, -0.2) is 4.98 Å². The molecule has 0 radical (unpaired) electrons. The van der Waals surface area contributed by atoms with E-state index in [1.165, 1.54) is 16.7 Å². The molecule has 0 spiro atoms. The monoisotopic (exact) mass is 342 g/mol. The first kappa shape index (κ1) is 14.3. The smallest absolute Gasteiger partial charge is 0.173 e. The van der Waals surface area contributed by atoms with Crippen LogP contribution < -0.4 is 0 Å². The van der Waals surface area contributed by atoms with Gasteiger partial charge >= 0.3 is 0 Å². The summed E-state index contributed by atoms with van der Waals surface area (Å²) in [6, 6.07) is 19.1. The van der Waals surface area contributed by atoms with Gasteiger partial charge in [0.15, 0.2) is 5.65 Å². The number of nitrogens with zero attached hydrogens (tertiary/aromatic N) is 4. The third-order valence-electron chi connectivity index (χ3n) is 4.45. The Morgan fingerprint density at radius 3 is 2.36 bits per heavy atom. The molecule has 0 bridgehead atoms. The number of hydrogen-bond donors (Lipinski definition) is 0. The van der Waals surface area contributed by atoms with Gasteiger partial charge in [0.25, 0.3) is 0 Å². The molecular formula is C20H14N4S. The fourth-order valence-electron chi connectivity index (χ4n) is 3.13. The third-order valence-corrected chi connectivity index (χ3v) is 5.34. The maximum absolute atomic E-state index is 4.56. The molecule has 0 unspecified atom stereocenters. The van der Waals surface area contributed by atoms with Crippen LogP contribution in [0.15, 0.2) is 66.3 Å². The average molecular weight is 342 g/mol. The van der Waals surface area contributed by atoms with Crippen LogP contribution in [0.1, 0.15) is 5.82 Å². The number of thiophene rings is 1. The Kier molecular flexibility index (Phi) is 3.15. The molecule has 25 heavy (non-hydrogen) atoms. The summed E-state index contributed by atoms with van der Waals surface area (Å²) in [4.78, 5) is 5.54. The van der Waals surface area contributed by atoms with Gasteiger partial charge in [-0.15, -0.1) is 21.5 Å². The van der Waals surface area contributed by atoms with Crippen LogP contribution in [-0.4, -0.2) is 19.6 Å². The number of rotatable bonds is 2. The molecule has 0 saturated carbocycles. The SMILES string of the molecule is Cc1nnc2c3c(-c4ccc(-c5ccccc5)cc4)csc3ncn12. The summed E-state index contributed by atoms with van der Waals surface area (Å²) in [7, 11) is 0. The third kappa shape index (κ3) is 2.24. The number of aryl methyl sites for hydroxylation is 1. The van der Waals surface area contributed by atoms with E-state index in [9.17, 15) is 0 Å². The van der Waals surface area contributed by atoms with E-state index >= 15 is 0 Å². The number of aromatic nitrogens is 4. The van der Waals surface area contributed by atoms with Gasteiger partial charge in [-0.05, 0) is 23.6 Å². The van der Waals surface area contributed by atoms with Crippen LogP contribution in [-0.2, 0) is 0 Å². The Morgan fingerprint density at radius 1 is 0.840 bits per heavy atom. The lowest BCUT2D eigenvalue weighted by molar-refractivity contribution is 0.990. The second-order valence-electron chi connectivity index (χ2n) is 5.96. The van der Waals surface area contributed by atoms with Gasteiger partial charge in [-0.1, -0.05) is 54.6 Å². The molecule has 0 atom stereocenters. The summed E-state index contributed by atoms with van der Waals surface area (Å²) in [5.74, 6) is 0.848. The van der Waals surface area contributed by atoms with E-state index in [1.54, 1.807) is 17.7 Å². The Labute approximate surface area is 148 Å². The quantitative estimate of drug-likeness (QED) is 0.454. The molecule has 2 aromatic carbocycles. The minimum Gasteiger partial charge on any atom is -0.269 e. The fourth-order valence-corrected chi connectivity index (χ4v) is 4.04. The van der Waals surface area contributed by atoms with Crippen molar-refractivity contribution in [1.82, 2.24) is 19.6 Å². The van der Waals surface area contributed by atoms with E-state index in [0.717, 1.165) is 27.3 Å². The molecule has 0 N–H and O–H groups in total. The first-order valence-corrected chi connectivity index (χ1v) is 8.92. The van der Waals surface area contributed by atoms with Crippen LogP contribution >= 0.6 is 11.3 Å². The van der Waals surface area contributed by atoms with Gasteiger partial charge in [-0.2, -0.15) is 0 Å². The molecule has 3 aromatic heterocycles. The molecule has 3 heterocycles. The van der Waals surface area contributed by atoms with Crippen LogP contribution in [0.5, 0.6) is 0 Å². The molecule has 4 nitrogen and oxygen atoms in total. The topological polar surface area (TPSA) is 43.1 Å². The zero-order valence-electron chi connectivity index (χ0n) is 13.5. The maximum Gasteiger partial charge on any atom is 0.173 e. The van der Waals surface area contributed by atoms with Crippen molar-refractivity contribution in [3.63, 3.8) is 0 Å². The van der Waals surface area contributed by atoms with Crippen molar-refractivity contribution >= 4 is 27.2 Å². The Balaban J connectivity index is 1.67. The highest BCUT2D eigenvalue weighted by atomic mass is 32.1. The lowest BCUT2D eigenvalue weighted by atomic mass is 10.0. The lowest BCUT2D eigenvalue weighted by Crippen LogP contribution is -1.90. The summed E-state index contributed by atoms with van der Waals surface area (Å²) in [6.45, 7) is 1.94. The maximum atomic E-state index is 4.56. The largest absolute Gasteiger partial charge is 0.269 e. The first-order valence-electron chi connectivity index (χ1n) is 8.04. The fraction of sp³-hybridized carbons (Fsp3) is 0.0500. The van der Waals surface area contributed by atoms with Crippen molar-refractivity contribution < 1.29 is 0 Å². The number of hydrogen-bond acceptors (Lipinski definition) is 4. The van der Waals surface area contributed by atoms with Crippen LogP contribution in [0.25, 0.3) is 38.1 Å². The van der Waals surface area contributed by atoms with E-state index < -0.39 is 0 Å². The highest BCUT2D eigenvalue weighted by molar-refractivity contribution is 7.17. The van der Waals surface area contributed by atoms with Crippen molar-refractivity contribution in [2.75, 3.05) is 0 Å². The minimum absolute atomic E-state index is 0.848. The van der Waals surface area contributed by atoms with Gasteiger partial charge in [0.05, 0.1) is 5.39 Å². The Bertz CT molecular complexity index is 1190. The van der Waals surface area contributed by atoms with Gasteiger partial charge in [0.1, 0.15) is 17.0 Å². The molecule has 120 valence electrons. The molecule has 0 aliphatic rings. The summed E-state index contributed by atoms with van der Waals surface area (Å²) < 4.78 is 1.94. The molecule has 0 aliphatic carbocycles. The highest BCUT2D eigenvalue weighted by Crippen LogP contribution is 2.35. The molecule has 5 heteroatoms. The number of fused-ring (bicyclic) bond motifs is 3. The summed E-state index contributed by atoms with van der Waals surface area (Å²) in [6.07, 6.45) is 1.80. The van der Waals surface area contributed by atoms with E-state index in [0.29, 0.717) is 0 Å². The van der Waals surface area contributed by atoms with E-state index in [2.05, 4.69) is 69.1 Å². The van der Waals surface area contributed by atoms with Gasteiger partial charge in [0.2, 0.25) is 0 Å². The summed E-state index contributed by atoms with van der Waals surface area (Å²) in [5.41, 5.74) is 5.63. The average Bonchev–Trinajstić information content (AvgIpc) is 3.26. The minimum atomic E-state index is 0.848. The zero-order chi connectivity index (χ0) is 16.8. The number of benzene rings is 2. The second kappa shape index (κ2) is 5.50. The molecule has 5 rings (SSSR count). The van der Waals surface area contributed by atoms with E-state index in [-0.39, 0.29) is 0 Å². The van der Waals surface area contributed by atoms with Gasteiger partial charge in [0, 0.05) is 10.9 Å². The second-order valence-corrected chi connectivity index (χ2v) is 6.82.